The van der Waals surface area contributed by atoms with Gasteiger partial charge < -0.3 is 5.11 Å². The van der Waals surface area contributed by atoms with Crippen LogP contribution >= 0.6 is 0 Å². The Labute approximate surface area is 122 Å². The lowest BCUT2D eigenvalue weighted by Crippen LogP contribution is -2.36. The van der Waals surface area contributed by atoms with E-state index in [1.54, 1.807) is 7.05 Å². The number of rotatable bonds is 6. The van der Waals surface area contributed by atoms with E-state index >= 15 is 0 Å². The van der Waals surface area contributed by atoms with Gasteiger partial charge in [-0.3, -0.25) is 0 Å². The Hall–Kier alpha value is -1.13. The van der Waals surface area contributed by atoms with Crippen molar-refractivity contribution in [3.05, 3.63) is 42.5 Å². The van der Waals surface area contributed by atoms with Crippen molar-refractivity contribution < 1.29 is 9.32 Å². The van der Waals surface area contributed by atoms with Crippen molar-refractivity contribution in [3.8, 4) is 0 Å². The maximum Gasteiger partial charge on any atom is 0.0916 e. The summed E-state index contributed by atoms with van der Waals surface area (Å²) < 4.78 is 17.5. The van der Waals surface area contributed by atoms with E-state index in [1.807, 2.05) is 63.3 Å². The van der Waals surface area contributed by atoms with E-state index in [0.29, 0.717) is 4.90 Å². The summed E-state index contributed by atoms with van der Waals surface area (Å²) in [5, 5.41) is 9.96. The van der Waals surface area contributed by atoms with Crippen molar-refractivity contribution in [2.45, 2.75) is 43.4 Å². The van der Waals surface area contributed by atoms with Gasteiger partial charge in [-0.25, -0.2) is 8.57 Å². The van der Waals surface area contributed by atoms with Gasteiger partial charge in [-0.15, -0.1) is 0 Å². The third kappa shape index (κ3) is 3.70. The molecule has 0 spiro atoms. The van der Waals surface area contributed by atoms with Gasteiger partial charge >= 0.3 is 0 Å². The van der Waals surface area contributed by atoms with E-state index in [-0.39, 0.29) is 5.92 Å². The number of nitrogens with zero attached hydrogens (tertiary/aromatic N) is 1. The molecular formula is C16H25NO2S. The van der Waals surface area contributed by atoms with Crippen LogP contribution in [0.5, 0.6) is 0 Å². The van der Waals surface area contributed by atoms with Crippen molar-refractivity contribution >= 4 is 9.73 Å². The van der Waals surface area contributed by atoms with Gasteiger partial charge in [-0.1, -0.05) is 51.1 Å². The number of allylic oxidation sites excluding steroid dienone is 1. The van der Waals surface area contributed by atoms with Crippen LogP contribution in [0.2, 0.25) is 0 Å². The minimum absolute atomic E-state index is 0.0211. The summed E-state index contributed by atoms with van der Waals surface area (Å²) in [5.41, 5.74) is 0. The Morgan fingerprint density at radius 3 is 2.35 bits per heavy atom. The standard InChI is InChI=1S/C16H25NO2S/c1-5-6-12-15(16(18)13(2)3)20(19,17-4)14-10-8-7-9-11-14/h6-13,15-16,18H,5H2,1-4H3/b12-6+/t15-,16-,20?/m1/s1. The third-order valence-corrected chi connectivity index (χ3v) is 5.97. The fourth-order valence-electron chi connectivity index (χ4n) is 2.06. The Bertz CT molecular complexity index is 543. The fraction of sp³-hybridized carbons (Fsp3) is 0.500. The SMILES string of the molecule is CC/C=C/[C@H]([C@H](O)C(C)C)S(=O)(=NC)c1ccccc1. The van der Waals surface area contributed by atoms with Gasteiger partial charge in [0.25, 0.3) is 0 Å². The fourth-order valence-corrected chi connectivity index (χ4v) is 4.39. The van der Waals surface area contributed by atoms with Gasteiger partial charge in [0.2, 0.25) is 0 Å². The van der Waals surface area contributed by atoms with Gasteiger partial charge in [0.1, 0.15) is 0 Å². The van der Waals surface area contributed by atoms with Crippen molar-refractivity contribution in [1.82, 2.24) is 0 Å². The summed E-state index contributed by atoms with van der Waals surface area (Å²) >= 11 is 0. The molecule has 0 amide bonds. The molecule has 1 aromatic rings. The zero-order valence-corrected chi connectivity index (χ0v) is 13.5. The minimum atomic E-state index is -2.67. The number of aliphatic hydroxyl groups excluding tert-OH is 1. The lowest BCUT2D eigenvalue weighted by molar-refractivity contribution is 0.131. The lowest BCUT2D eigenvalue weighted by atomic mass is 10.0. The normalized spacial score (nSPS) is 17.9. The maximum atomic E-state index is 13.3. The van der Waals surface area contributed by atoms with Gasteiger partial charge in [-0.05, 0) is 24.5 Å². The number of hydrogen-bond donors (Lipinski definition) is 1. The van der Waals surface area contributed by atoms with Crippen LogP contribution in [0.25, 0.3) is 0 Å². The Balaban J connectivity index is 3.36. The van der Waals surface area contributed by atoms with Crippen LogP contribution in [0.15, 0.2) is 51.7 Å². The van der Waals surface area contributed by atoms with E-state index in [9.17, 15) is 9.32 Å². The molecule has 112 valence electrons. The van der Waals surface area contributed by atoms with Gasteiger partial charge in [-0.2, -0.15) is 0 Å². The van der Waals surface area contributed by atoms with Gasteiger partial charge in [0.15, 0.2) is 0 Å². The molecule has 0 aromatic heterocycles. The Kier molecular flexibility index (Phi) is 6.43. The molecule has 1 aromatic carbocycles. The van der Waals surface area contributed by atoms with Crippen molar-refractivity contribution in [2.75, 3.05) is 7.05 Å². The molecule has 0 aliphatic rings. The first kappa shape index (κ1) is 16.9. The highest BCUT2D eigenvalue weighted by molar-refractivity contribution is 7.94. The molecule has 3 nitrogen and oxygen atoms in total. The molecule has 20 heavy (non-hydrogen) atoms. The molecule has 1 rings (SSSR count). The predicted octanol–water partition coefficient (Wildman–Crippen LogP) is 3.50. The summed E-state index contributed by atoms with van der Waals surface area (Å²) in [5.74, 6) is 0.0211. The van der Waals surface area contributed by atoms with E-state index in [2.05, 4.69) is 4.36 Å². The van der Waals surface area contributed by atoms with Crippen LogP contribution in [-0.2, 0) is 9.73 Å². The number of aliphatic hydroxyl groups is 1. The second-order valence-corrected chi connectivity index (χ2v) is 7.62. The smallest absolute Gasteiger partial charge is 0.0916 e. The summed E-state index contributed by atoms with van der Waals surface area (Å²) in [4.78, 5) is 0.674. The van der Waals surface area contributed by atoms with Crippen LogP contribution in [-0.4, -0.2) is 27.7 Å². The molecular weight excluding hydrogens is 270 g/mol. The molecule has 0 fully saturated rings. The summed E-state index contributed by atoms with van der Waals surface area (Å²) in [6, 6.07) is 9.21. The Morgan fingerprint density at radius 1 is 1.30 bits per heavy atom. The van der Waals surface area contributed by atoms with Gasteiger partial charge in [0, 0.05) is 11.9 Å². The minimum Gasteiger partial charge on any atom is -0.391 e. The topological polar surface area (TPSA) is 49.7 Å². The van der Waals surface area contributed by atoms with Crippen LogP contribution in [0, 0.1) is 5.92 Å². The quantitative estimate of drug-likeness (QED) is 0.817. The largest absolute Gasteiger partial charge is 0.391 e. The highest BCUT2D eigenvalue weighted by Crippen LogP contribution is 2.25. The average molecular weight is 295 g/mol. The zero-order chi connectivity index (χ0) is 15.2. The molecule has 0 aliphatic carbocycles. The average Bonchev–Trinajstić information content (AvgIpc) is 2.47. The zero-order valence-electron chi connectivity index (χ0n) is 12.7. The van der Waals surface area contributed by atoms with Crippen molar-refractivity contribution in [3.63, 3.8) is 0 Å². The van der Waals surface area contributed by atoms with E-state index < -0.39 is 21.1 Å². The van der Waals surface area contributed by atoms with Crippen LogP contribution in [0.3, 0.4) is 0 Å². The highest BCUT2D eigenvalue weighted by Gasteiger charge is 2.31. The van der Waals surface area contributed by atoms with Crippen LogP contribution < -0.4 is 0 Å². The maximum absolute atomic E-state index is 13.3. The molecule has 0 radical (unpaired) electrons. The first-order valence-electron chi connectivity index (χ1n) is 7.01. The van der Waals surface area contributed by atoms with Crippen molar-refractivity contribution in [2.24, 2.45) is 10.3 Å². The van der Waals surface area contributed by atoms with E-state index in [0.717, 1.165) is 6.42 Å². The second-order valence-electron chi connectivity index (χ2n) is 5.10. The van der Waals surface area contributed by atoms with Crippen LogP contribution in [0.4, 0.5) is 0 Å². The molecule has 0 heterocycles. The highest BCUT2D eigenvalue weighted by atomic mass is 32.2. The van der Waals surface area contributed by atoms with E-state index in [1.165, 1.54) is 0 Å². The summed E-state index contributed by atoms with van der Waals surface area (Å²) in [7, 11) is -1.11. The molecule has 0 bridgehead atoms. The first-order chi connectivity index (χ1) is 9.47. The molecule has 3 atom stereocenters. The predicted molar refractivity (Wildman–Crippen MR) is 85.3 cm³/mol. The van der Waals surface area contributed by atoms with Crippen LogP contribution in [0.1, 0.15) is 27.2 Å². The number of benzene rings is 1. The summed E-state index contributed by atoms with van der Waals surface area (Å²) in [6.07, 6.45) is 3.96. The molecule has 1 unspecified atom stereocenters. The lowest BCUT2D eigenvalue weighted by Gasteiger charge is -2.26. The monoisotopic (exact) mass is 295 g/mol. The first-order valence-corrected chi connectivity index (χ1v) is 8.59. The van der Waals surface area contributed by atoms with E-state index in [4.69, 9.17) is 0 Å². The molecule has 0 aliphatic heterocycles. The van der Waals surface area contributed by atoms with Gasteiger partial charge in [0.05, 0.1) is 21.1 Å². The number of hydrogen-bond acceptors (Lipinski definition) is 3. The third-order valence-electron chi connectivity index (χ3n) is 3.30. The van der Waals surface area contributed by atoms with Crippen molar-refractivity contribution in [1.29, 1.82) is 0 Å². The Morgan fingerprint density at radius 2 is 1.90 bits per heavy atom. The molecule has 4 heteroatoms. The molecule has 1 N–H and O–H groups in total. The molecule has 0 saturated heterocycles. The summed E-state index contributed by atoms with van der Waals surface area (Å²) in [6.45, 7) is 5.87. The molecule has 0 saturated carbocycles. The second kappa shape index (κ2) is 7.60.